The van der Waals surface area contributed by atoms with Crippen LogP contribution in [0.4, 0.5) is 0 Å². The Kier molecular flexibility index (Phi) is 5.54. The first-order valence-corrected chi connectivity index (χ1v) is 7.95. The molecule has 2 rings (SSSR count). The lowest BCUT2D eigenvalue weighted by Crippen LogP contribution is -2.43. The summed E-state index contributed by atoms with van der Waals surface area (Å²) >= 11 is 0. The first-order chi connectivity index (χ1) is 10.1. The highest BCUT2D eigenvalue weighted by atomic mass is 16.2. The number of amides is 1. The van der Waals surface area contributed by atoms with E-state index in [-0.39, 0.29) is 30.6 Å². The maximum Gasteiger partial charge on any atom is 0.220 e. The zero-order chi connectivity index (χ0) is 15.2. The molecule has 1 aromatic rings. The van der Waals surface area contributed by atoms with Gasteiger partial charge >= 0.3 is 0 Å². The van der Waals surface area contributed by atoms with E-state index in [9.17, 15) is 9.59 Å². The maximum absolute atomic E-state index is 12.0. The third-order valence-electron chi connectivity index (χ3n) is 4.73. The van der Waals surface area contributed by atoms with Crippen LogP contribution in [0.2, 0.25) is 0 Å². The van der Waals surface area contributed by atoms with Crippen LogP contribution in [0.1, 0.15) is 56.3 Å². The van der Waals surface area contributed by atoms with Crippen molar-refractivity contribution >= 4 is 11.7 Å². The number of hydrogen-bond donors (Lipinski definition) is 1. The minimum absolute atomic E-state index is 0.00484. The second kappa shape index (κ2) is 7.39. The fraction of sp³-hybridized carbons (Fsp3) is 0.556. The number of benzene rings is 1. The summed E-state index contributed by atoms with van der Waals surface area (Å²) in [4.78, 5) is 24.0. The average Bonchev–Trinajstić information content (AvgIpc) is 2.50. The highest BCUT2D eigenvalue weighted by Crippen LogP contribution is 2.29. The molecule has 1 saturated carbocycles. The zero-order valence-corrected chi connectivity index (χ0v) is 13.0. The van der Waals surface area contributed by atoms with E-state index in [1.807, 2.05) is 18.2 Å². The summed E-state index contributed by atoms with van der Waals surface area (Å²) in [6.07, 6.45) is 4.06. The fourth-order valence-corrected chi connectivity index (χ4v) is 3.06. The molecule has 3 nitrogen and oxygen atoms in total. The van der Waals surface area contributed by atoms with Crippen LogP contribution in [0.3, 0.4) is 0 Å². The molecule has 0 bridgehead atoms. The molecule has 1 aliphatic carbocycles. The van der Waals surface area contributed by atoms with Gasteiger partial charge in [-0.1, -0.05) is 57.0 Å². The monoisotopic (exact) mass is 287 g/mol. The molecule has 0 saturated heterocycles. The van der Waals surface area contributed by atoms with Crippen LogP contribution in [0.15, 0.2) is 30.3 Å². The van der Waals surface area contributed by atoms with Gasteiger partial charge in [0.1, 0.15) is 0 Å². The normalized spacial score (nSPS) is 25.3. The van der Waals surface area contributed by atoms with E-state index in [1.54, 1.807) is 12.1 Å². The van der Waals surface area contributed by atoms with Crippen molar-refractivity contribution in [1.29, 1.82) is 0 Å². The smallest absolute Gasteiger partial charge is 0.220 e. The van der Waals surface area contributed by atoms with E-state index in [1.165, 1.54) is 12.8 Å². The van der Waals surface area contributed by atoms with Crippen LogP contribution < -0.4 is 5.32 Å². The van der Waals surface area contributed by atoms with Crippen LogP contribution in [-0.2, 0) is 4.79 Å². The summed E-state index contributed by atoms with van der Waals surface area (Å²) in [5.41, 5.74) is 0.685. The summed E-state index contributed by atoms with van der Waals surface area (Å²) in [6, 6.07) is 9.44. The largest absolute Gasteiger partial charge is 0.353 e. The minimum Gasteiger partial charge on any atom is -0.353 e. The van der Waals surface area contributed by atoms with E-state index in [0.29, 0.717) is 17.4 Å². The van der Waals surface area contributed by atoms with E-state index in [0.717, 1.165) is 6.42 Å². The molecule has 1 fully saturated rings. The molecule has 1 N–H and O–H groups in total. The van der Waals surface area contributed by atoms with Crippen molar-refractivity contribution in [2.75, 3.05) is 0 Å². The summed E-state index contributed by atoms with van der Waals surface area (Å²) in [6.45, 7) is 4.46. The molecule has 1 amide bonds. The Labute approximate surface area is 127 Å². The Morgan fingerprint density at radius 3 is 2.52 bits per heavy atom. The molecule has 3 heteroatoms. The minimum atomic E-state index is 0.00484. The number of Topliss-reactive ketones (excluding diaryl/α,β-unsaturated/α-hetero) is 1. The van der Waals surface area contributed by atoms with Crippen molar-refractivity contribution in [2.24, 2.45) is 11.8 Å². The first kappa shape index (κ1) is 15.7. The van der Waals surface area contributed by atoms with Gasteiger partial charge in [0.05, 0.1) is 0 Å². The predicted molar refractivity (Wildman–Crippen MR) is 84.1 cm³/mol. The second-order valence-corrected chi connectivity index (χ2v) is 6.23. The molecule has 0 heterocycles. The Hall–Kier alpha value is -1.64. The third-order valence-corrected chi connectivity index (χ3v) is 4.73. The van der Waals surface area contributed by atoms with Gasteiger partial charge < -0.3 is 5.32 Å². The number of hydrogen-bond acceptors (Lipinski definition) is 2. The lowest BCUT2D eigenvalue weighted by Gasteiger charge is -2.34. The molecule has 0 radical (unpaired) electrons. The Balaban J connectivity index is 1.78. The summed E-state index contributed by atoms with van der Waals surface area (Å²) in [5.74, 6) is 1.23. The zero-order valence-electron chi connectivity index (χ0n) is 13.0. The Morgan fingerprint density at radius 1 is 1.10 bits per heavy atom. The first-order valence-electron chi connectivity index (χ1n) is 7.95. The quantitative estimate of drug-likeness (QED) is 0.841. The maximum atomic E-state index is 12.0. The van der Waals surface area contributed by atoms with Crippen molar-refractivity contribution in [1.82, 2.24) is 5.32 Å². The third kappa shape index (κ3) is 4.42. The fourth-order valence-electron chi connectivity index (χ4n) is 3.06. The molecule has 1 aliphatic rings. The predicted octanol–water partition coefficient (Wildman–Crippen LogP) is 3.59. The van der Waals surface area contributed by atoms with Crippen LogP contribution in [0, 0.1) is 11.8 Å². The van der Waals surface area contributed by atoms with Gasteiger partial charge in [-0.05, 0) is 18.3 Å². The molecule has 0 aromatic heterocycles. The van der Waals surface area contributed by atoms with Crippen LogP contribution in [-0.4, -0.2) is 17.7 Å². The second-order valence-electron chi connectivity index (χ2n) is 6.23. The lowest BCUT2D eigenvalue weighted by atomic mass is 9.78. The van der Waals surface area contributed by atoms with Gasteiger partial charge in [-0.3, -0.25) is 9.59 Å². The molecule has 1 aromatic carbocycles. The van der Waals surface area contributed by atoms with Crippen molar-refractivity contribution in [3.05, 3.63) is 35.9 Å². The van der Waals surface area contributed by atoms with Gasteiger partial charge in [-0.25, -0.2) is 0 Å². The summed E-state index contributed by atoms with van der Waals surface area (Å²) in [5, 5.41) is 3.11. The SMILES string of the molecule is C[C@@H]1[C@H](C)CCC[C@H]1NC(=O)CCC(=O)c1ccccc1. The van der Waals surface area contributed by atoms with E-state index >= 15 is 0 Å². The molecule has 0 spiro atoms. The van der Waals surface area contributed by atoms with Gasteiger partial charge in [0.25, 0.3) is 0 Å². The van der Waals surface area contributed by atoms with E-state index < -0.39 is 0 Å². The summed E-state index contributed by atoms with van der Waals surface area (Å²) in [7, 11) is 0. The van der Waals surface area contributed by atoms with Crippen molar-refractivity contribution in [2.45, 2.75) is 52.0 Å². The number of nitrogens with one attached hydrogen (secondary N) is 1. The van der Waals surface area contributed by atoms with Crippen molar-refractivity contribution < 1.29 is 9.59 Å². The van der Waals surface area contributed by atoms with Crippen LogP contribution in [0.25, 0.3) is 0 Å². The summed E-state index contributed by atoms with van der Waals surface area (Å²) < 4.78 is 0. The van der Waals surface area contributed by atoms with Crippen LogP contribution in [0.5, 0.6) is 0 Å². The topological polar surface area (TPSA) is 46.2 Å². The van der Waals surface area contributed by atoms with Gasteiger partial charge in [0.2, 0.25) is 5.91 Å². The average molecular weight is 287 g/mol. The molecule has 3 atom stereocenters. The number of carbonyl (C=O) groups excluding carboxylic acids is 2. The molecule has 114 valence electrons. The van der Waals surface area contributed by atoms with Gasteiger partial charge in [-0.2, -0.15) is 0 Å². The number of rotatable bonds is 5. The molecule has 21 heavy (non-hydrogen) atoms. The van der Waals surface area contributed by atoms with Gasteiger partial charge in [0, 0.05) is 24.4 Å². The molecular weight excluding hydrogens is 262 g/mol. The standard InChI is InChI=1S/C18H25NO2/c1-13-7-6-10-16(14(13)2)19-18(21)12-11-17(20)15-8-4-3-5-9-15/h3-5,8-9,13-14,16H,6-7,10-12H2,1-2H3,(H,19,21)/t13-,14-,16-/m1/s1. The molecule has 0 unspecified atom stereocenters. The molecular formula is C18H25NO2. The Bertz CT molecular complexity index is 483. The van der Waals surface area contributed by atoms with Gasteiger partial charge in [0.15, 0.2) is 5.78 Å². The van der Waals surface area contributed by atoms with Crippen molar-refractivity contribution in [3.8, 4) is 0 Å². The van der Waals surface area contributed by atoms with E-state index in [2.05, 4.69) is 19.2 Å². The Morgan fingerprint density at radius 2 is 1.81 bits per heavy atom. The number of ketones is 1. The van der Waals surface area contributed by atoms with Gasteiger partial charge in [-0.15, -0.1) is 0 Å². The highest BCUT2D eigenvalue weighted by molar-refractivity contribution is 5.97. The van der Waals surface area contributed by atoms with E-state index in [4.69, 9.17) is 0 Å². The lowest BCUT2D eigenvalue weighted by molar-refractivity contribution is -0.122. The number of carbonyl (C=O) groups is 2. The van der Waals surface area contributed by atoms with Crippen LogP contribution >= 0.6 is 0 Å². The van der Waals surface area contributed by atoms with Crippen molar-refractivity contribution in [3.63, 3.8) is 0 Å². The molecule has 0 aliphatic heterocycles. The highest BCUT2D eigenvalue weighted by Gasteiger charge is 2.28.